The number of hydrogen-bond acceptors (Lipinski definition) is 5. The summed E-state index contributed by atoms with van der Waals surface area (Å²) in [7, 11) is 1.44. The number of rotatable bonds is 4. The Morgan fingerprint density at radius 2 is 1.86 bits per heavy atom. The van der Waals surface area contributed by atoms with Crippen molar-refractivity contribution in [3.05, 3.63) is 57.6 Å². The van der Waals surface area contributed by atoms with Crippen LogP contribution in [0.5, 0.6) is 5.75 Å². The molecule has 0 saturated carbocycles. The Morgan fingerprint density at radius 1 is 1.18 bits per heavy atom. The summed E-state index contributed by atoms with van der Waals surface area (Å²) in [5, 5.41) is 2.45. The van der Waals surface area contributed by atoms with E-state index in [0.717, 1.165) is 0 Å². The van der Waals surface area contributed by atoms with Gasteiger partial charge in [0.05, 0.1) is 18.2 Å². The molecule has 1 aromatic heterocycles. The number of methoxy groups -OCH3 is 1. The second-order valence-corrected chi connectivity index (χ2v) is 4.63. The summed E-state index contributed by atoms with van der Waals surface area (Å²) < 4.78 is 10.1. The van der Waals surface area contributed by atoms with Gasteiger partial charge >= 0.3 is 5.63 Å². The van der Waals surface area contributed by atoms with Crippen molar-refractivity contribution in [2.45, 2.75) is 13.8 Å². The summed E-state index contributed by atoms with van der Waals surface area (Å²) in [4.78, 5) is 35.6. The molecule has 0 atom stereocenters. The van der Waals surface area contributed by atoms with Crippen LogP contribution in [0.25, 0.3) is 0 Å². The molecule has 0 unspecified atom stereocenters. The Morgan fingerprint density at radius 3 is 2.50 bits per heavy atom. The summed E-state index contributed by atoms with van der Waals surface area (Å²) >= 11 is 0. The van der Waals surface area contributed by atoms with E-state index in [4.69, 9.17) is 9.15 Å². The van der Waals surface area contributed by atoms with Gasteiger partial charge in [0.1, 0.15) is 17.2 Å². The number of aryl methyl sites for hydroxylation is 1. The van der Waals surface area contributed by atoms with Crippen molar-refractivity contribution in [2.75, 3.05) is 12.4 Å². The first-order chi connectivity index (χ1) is 10.4. The molecule has 114 valence electrons. The highest BCUT2D eigenvalue weighted by molar-refractivity contribution is 6.06. The van der Waals surface area contributed by atoms with Crippen LogP contribution in [0.15, 0.2) is 39.5 Å². The van der Waals surface area contributed by atoms with Crippen LogP contribution in [0.4, 0.5) is 5.69 Å². The van der Waals surface area contributed by atoms with Crippen molar-refractivity contribution in [3.63, 3.8) is 0 Å². The third kappa shape index (κ3) is 3.06. The molecule has 1 aromatic carbocycles. The van der Waals surface area contributed by atoms with Crippen LogP contribution in [0.2, 0.25) is 0 Å². The number of carbonyl (C=O) groups excluding carboxylic acids is 2. The number of ketones is 1. The topological polar surface area (TPSA) is 85.6 Å². The van der Waals surface area contributed by atoms with Crippen LogP contribution in [0, 0.1) is 6.92 Å². The molecule has 0 aliphatic heterocycles. The highest BCUT2D eigenvalue weighted by Crippen LogP contribution is 2.19. The Labute approximate surface area is 126 Å². The number of benzene rings is 1. The fourth-order valence-electron chi connectivity index (χ4n) is 2.01. The van der Waals surface area contributed by atoms with E-state index in [2.05, 4.69) is 5.32 Å². The summed E-state index contributed by atoms with van der Waals surface area (Å²) in [5.74, 6) is -0.187. The van der Waals surface area contributed by atoms with Gasteiger partial charge in [0.2, 0.25) is 0 Å². The SMILES string of the molecule is COc1ccccc1C(=O)Nc1cc(C(C)=O)c(C)oc1=O. The zero-order valence-corrected chi connectivity index (χ0v) is 12.4. The van der Waals surface area contributed by atoms with Gasteiger partial charge in [-0.3, -0.25) is 9.59 Å². The van der Waals surface area contributed by atoms with Crippen LogP contribution in [-0.4, -0.2) is 18.8 Å². The van der Waals surface area contributed by atoms with Crippen molar-refractivity contribution in [1.29, 1.82) is 0 Å². The van der Waals surface area contributed by atoms with Crippen LogP contribution in [0.1, 0.15) is 33.4 Å². The minimum atomic E-state index is -0.717. The van der Waals surface area contributed by atoms with Crippen LogP contribution >= 0.6 is 0 Å². The molecule has 0 bridgehead atoms. The fraction of sp³-hybridized carbons (Fsp3) is 0.188. The molecule has 0 aliphatic carbocycles. The maximum Gasteiger partial charge on any atom is 0.359 e. The van der Waals surface area contributed by atoms with E-state index in [0.29, 0.717) is 5.75 Å². The number of amides is 1. The van der Waals surface area contributed by atoms with E-state index >= 15 is 0 Å². The Balaban J connectivity index is 2.38. The number of carbonyl (C=O) groups is 2. The summed E-state index contributed by atoms with van der Waals surface area (Å²) in [6.45, 7) is 2.87. The normalized spacial score (nSPS) is 10.1. The zero-order valence-electron chi connectivity index (χ0n) is 12.4. The van der Waals surface area contributed by atoms with E-state index in [-0.39, 0.29) is 28.4 Å². The maximum atomic E-state index is 12.3. The molecular weight excluding hydrogens is 286 g/mol. The molecule has 2 aromatic rings. The molecule has 22 heavy (non-hydrogen) atoms. The summed E-state index contributed by atoms with van der Waals surface area (Å²) in [6.07, 6.45) is 0. The summed E-state index contributed by atoms with van der Waals surface area (Å²) in [5.41, 5.74) is -0.290. The first-order valence-corrected chi connectivity index (χ1v) is 6.54. The molecule has 1 amide bonds. The monoisotopic (exact) mass is 301 g/mol. The smallest absolute Gasteiger partial charge is 0.359 e. The molecule has 1 heterocycles. The average Bonchev–Trinajstić information content (AvgIpc) is 2.49. The van der Waals surface area contributed by atoms with E-state index in [9.17, 15) is 14.4 Å². The maximum absolute atomic E-state index is 12.3. The fourth-order valence-corrected chi connectivity index (χ4v) is 2.01. The lowest BCUT2D eigenvalue weighted by molar-refractivity contribution is 0.100. The Kier molecular flexibility index (Phi) is 4.41. The molecule has 0 radical (unpaired) electrons. The second kappa shape index (κ2) is 6.26. The van der Waals surface area contributed by atoms with Gasteiger partial charge in [-0.15, -0.1) is 0 Å². The quantitative estimate of drug-likeness (QED) is 0.876. The molecule has 0 saturated heterocycles. The van der Waals surface area contributed by atoms with E-state index < -0.39 is 11.5 Å². The largest absolute Gasteiger partial charge is 0.496 e. The van der Waals surface area contributed by atoms with Crippen LogP contribution in [-0.2, 0) is 0 Å². The number of hydrogen-bond donors (Lipinski definition) is 1. The second-order valence-electron chi connectivity index (χ2n) is 4.63. The van der Waals surface area contributed by atoms with Crippen LogP contribution in [0.3, 0.4) is 0 Å². The van der Waals surface area contributed by atoms with E-state index in [1.165, 1.54) is 27.0 Å². The molecular formula is C16H15NO5. The molecule has 2 rings (SSSR count). The van der Waals surface area contributed by atoms with Gasteiger partial charge in [0.25, 0.3) is 5.91 Å². The Hall–Kier alpha value is -2.89. The van der Waals surface area contributed by atoms with Crippen molar-refractivity contribution < 1.29 is 18.7 Å². The molecule has 1 N–H and O–H groups in total. The average molecular weight is 301 g/mol. The lowest BCUT2D eigenvalue weighted by Crippen LogP contribution is -2.19. The molecule has 6 heteroatoms. The third-order valence-corrected chi connectivity index (χ3v) is 3.11. The number of anilines is 1. The lowest BCUT2D eigenvalue weighted by Gasteiger charge is -2.09. The van der Waals surface area contributed by atoms with E-state index in [1.807, 2.05) is 0 Å². The highest BCUT2D eigenvalue weighted by Gasteiger charge is 2.16. The minimum absolute atomic E-state index is 0.0910. The molecule has 0 aliphatic rings. The first kappa shape index (κ1) is 15.5. The number of para-hydroxylation sites is 1. The van der Waals surface area contributed by atoms with Crippen molar-refractivity contribution >= 4 is 17.4 Å². The van der Waals surface area contributed by atoms with Gasteiger partial charge in [-0.2, -0.15) is 0 Å². The van der Waals surface area contributed by atoms with Crippen molar-refractivity contribution in [2.24, 2.45) is 0 Å². The van der Waals surface area contributed by atoms with Gasteiger partial charge in [0, 0.05) is 0 Å². The van der Waals surface area contributed by atoms with Gasteiger partial charge in [0.15, 0.2) is 5.78 Å². The lowest BCUT2D eigenvalue weighted by atomic mass is 10.1. The highest BCUT2D eigenvalue weighted by atomic mass is 16.5. The Bertz CT molecular complexity index is 791. The van der Waals surface area contributed by atoms with Crippen LogP contribution < -0.4 is 15.7 Å². The zero-order chi connectivity index (χ0) is 16.3. The van der Waals surface area contributed by atoms with Crippen molar-refractivity contribution in [3.8, 4) is 5.75 Å². The molecule has 0 fully saturated rings. The predicted molar refractivity (Wildman–Crippen MR) is 80.7 cm³/mol. The van der Waals surface area contributed by atoms with Gasteiger partial charge in [-0.25, -0.2) is 4.79 Å². The molecule has 0 spiro atoms. The predicted octanol–water partition coefficient (Wildman–Crippen LogP) is 2.41. The third-order valence-electron chi connectivity index (χ3n) is 3.11. The molecule has 6 nitrogen and oxygen atoms in total. The van der Waals surface area contributed by atoms with Gasteiger partial charge in [-0.05, 0) is 32.0 Å². The van der Waals surface area contributed by atoms with Crippen molar-refractivity contribution in [1.82, 2.24) is 0 Å². The first-order valence-electron chi connectivity index (χ1n) is 6.54. The van der Waals surface area contributed by atoms with Gasteiger partial charge < -0.3 is 14.5 Å². The number of nitrogens with one attached hydrogen (secondary N) is 1. The van der Waals surface area contributed by atoms with E-state index in [1.54, 1.807) is 24.3 Å². The number of Topliss-reactive ketones (excluding diaryl/α,β-unsaturated/α-hetero) is 1. The summed E-state index contributed by atoms with van der Waals surface area (Å²) in [6, 6.07) is 7.92. The minimum Gasteiger partial charge on any atom is -0.496 e. The van der Waals surface area contributed by atoms with Gasteiger partial charge in [-0.1, -0.05) is 12.1 Å². The standard InChI is InChI=1S/C16H15NO5/c1-9(18)12-8-13(16(20)22-10(12)2)17-15(19)11-6-4-5-7-14(11)21-3/h4-8H,1-3H3,(H,17,19). The number of ether oxygens (including phenoxy) is 1.